The number of nitro groups is 2. The number of para-hydroxylation sites is 1. The predicted octanol–water partition coefficient (Wildman–Crippen LogP) is 4.64. The molecule has 222 valence electrons. The van der Waals surface area contributed by atoms with E-state index in [2.05, 4.69) is 0 Å². The Kier molecular flexibility index (Phi) is 6.36. The van der Waals surface area contributed by atoms with Crippen molar-refractivity contribution in [3.63, 3.8) is 0 Å². The summed E-state index contributed by atoms with van der Waals surface area (Å²) in [5.41, 5.74) is 2.37. The van der Waals surface area contributed by atoms with Crippen LogP contribution >= 0.6 is 0 Å². The molecular weight excluding hydrogens is 580 g/mol. The van der Waals surface area contributed by atoms with E-state index in [4.69, 9.17) is 0 Å². The van der Waals surface area contributed by atoms with Gasteiger partial charge < -0.3 is 0 Å². The third-order valence-electron chi connectivity index (χ3n) is 8.93. The zero-order chi connectivity index (χ0) is 31.6. The largest absolute Gasteiger partial charge is 0.292 e. The Morgan fingerprint density at radius 2 is 1.13 bits per heavy atom. The standard InChI is InChI=1S/C33H22N4O8/c38-26(18-13-15-19(16-14-18)36(42)43)17-34(31(39)24-11-5-6-12-25(24)37(44)45)35-32(40)29-27-20-7-1-2-8-21(20)28(30(29)33(35)41)23-10-4-3-9-22(23)27/h1-16,27-30H,17H2/t27?,28?,29-,30-/m1/s1. The Labute approximate surface area is 254 Å². The van der Waals surface area contributed by atoms with Gasteiger partial charge in [0.05, 0.1) is 21.7 Å². The summed E-state index contributed by atoms with van der Waals surface area (Å²) in [5, 5.41) is 24.3. The number of hydrogen-bond acceptors (Lipinski definition) is 8. The number of non-ortho nitro benzene ring substituents is 1. The van der Waals surface area contributed by atoms with E-state index >= 15 is 0 Å². The SMILES string of the molecule is O=C(CN(C(=O)c1ccccc1[N+](=O)[O-])N1C(=O)[C@@H]2C3c4ccccc4C(c4ccccc43)[C@H]2C1=O)c1ccc([N+](=O)[O-])cc1. The van der Waals surface area contributed by atoms with Crippen LogP contribution in [-0.4, -0.2) is 49.9 Å². The maximum absolute atomic E-state index is 14.4. The number of carbonyl (C=O) groups excluding carboxylic acids is 4. The summed E-state index contributed by atoms with van der Waals surface area (Å²) in [5.74, 6) is -5.91. The first-order valence-corrected chi connectivity index (χ1v) is 14.1. The van der Waals surface area contributed by atoms with Gasteiger partial charge >= 0.3 is 0 Å². The Morgan fingerprint density at radius 3 is 1.60 bits per heavy atom. The number of hydrogen-bond donors (Lipinski definition) is 0. The lowest BCUT2D eigenvalue weighted by molar-refractivity contribution is -0.385. The Balaban J connectivity index is 1.33. The quantitative estimate of drug-likeness (QED) is 0.128. The van der Waals surface area contributed by atoms with Gasteiger partial charge in [0, 0.05) is 35.6 Å². The fourth-order valence-corrected chi connectivity index (χ4v) is 7.08. The van der Waals surface area contributed by atoms with Crippen molar-refractivity contribution in [1.82, 2.24) is 10.0 Å². The van der Waals surface area contributed by atoms with Crippen LogP contribution in [0.5, 0.6) is 0 Å². The van der Waals surface area contributed by atoms with E-state index < -0.39 is 74.8 Å². The van der Waals surface area contributed by atoms with Crippen molar-refractivity contribution in [2.45, 2.75) is 11.8 Å². The van der Waals surface area contributed by atoms with Crippen LogP contribution in [0.2, 0.25) is 0 Å². The normalized spacial score (nSPS) is 20.7. The van der Waals surface area contributed by atoms with Crippen LogP contribution in [0.25, 0.3) is 0 Å². The van der Waals surface area contributed by atoms with Crippen molar-refractivity contribution in [2.75, 3.05) is 6.54 Å². The first kappa shape index (κ1) is 27.8. The van der Waals surface area contributed by atoms with E-state index in [0.29, 0.717) is 10.0 Å². The van der Waals surface area contributed by atoms with E-state index in [1.165, 1.54) is 30.3 Å². The number of nitrogens with zero attached hydrogens (tertiary/aromatic N) is 4. The number of nitro benzene ring substituents is 2. The van der Waals surface area contributed by atoms with E-state index in [9.17, 15) is 39.4 Å². The second-order valence-corrected chi connectivity index (χ2v) is 11.1. The first-order valence-electron chi connectivity index (χ1n) is 14.1. The van der Waals surface area contributed by atoms with Gasteiger partial charge in [-0.2, -0.15) is 5.01 Å². The second kappa shape index (κ2) is 10.3. The highest BCUT2D eigenvalue weighted by molar-refractivity contribution is 6.11. The minimum atomic E-state index is -1.08. The monoisotopic (exact) mass is 602 g/mol. The number of benzene rings is 4. The number of imide groups is 1. The summed E-state index contributed by atoms with van der Waals surface area (Å²) < 4.78 is 0. The fourth-order valence-electron chi connectivity index (χ4n) is 7.08. The molecular formula is C33H22N4O8. The van der Waals surface area contributed by atoms with Crippen molar-refractivity contribution in [2.24, 2.45) is 11.8 Å². The van der Waals surface area contributed by atoms with Gasteiger partial charge in [-0.1, -0.05) is 60.7 Å². The minimum absolute atomic E-state index is 0.0163. The number of ketones is 1. The topological polar surface area (TPSA) is 161 Å². The molecule has 3 amide bonds. The molecule has 3 aliphatic carbocycles. The van der Waals surface area contributed by atoms with Gasteiger partial charge in [0.25, 0.3) is 29.1 Å². The van der Waals surface area contributed by atoms with Crippen molar-refractivity contribution in [1.29, 1.82) is 0 Å². The Morgan fingerprint density at radius 1 is 0.667 bits per heavy atom. The molecule has 0 aromatic heterocycles. The number of amides is 3. The maximum atomic E-state index is 14.4. The zero-order valence-corrected chi connectivity index (χ0v) is 23.3. The van der Waals surface area contributed by atoms with E-state index in [1.807, 2.05) is 48.5 Å². The summed E-state index contributed by atoms with van der Waals surface area (Å²) >= 11 is 0. The highest BCUT2D eigenvalue weighted by Crippen LogP contribution is 2.61. The molecule has 0 unspecified atom stereocenters. The van der Waals surface area contributed by atoms with Gasteiger partial charge in [0.2, 0.25) is 0 Å². The molecule has 4 aliphatic rings. The van der Waals surface area contributed by atoms with Crippen LogP contribution in [0.1, 0.15) is 54.8 Å². The third kappa shape index (κ3) is 4.13. The van der Waals surface area contributed by atoms with Crippen molar-refractivity contribution in [3.05, 3.63) is 151 Å². The van der Waals surface area contributed by atoms with E-state index in [-0.39, 0.29) is 11.3 Å². The summed E-state index contributed by atoms with van der Waals surface area (Å²) in [6, 6.07) is 24.9. The molecule has 0 N–H and O–H groups in total. The summed E-state index contributed by atoms with van der Waals surface area (Å²) in [7, 11) is 0. The fraction of sp³-hybridized carbons (Fsp3) is 0.152. The molecule has 1 heterocycles. The number of rotatable bonds is 7. The second-order valence-electron chi connectivity index (χ2n) is 11.1. The summed E-state index contributed by atoms with van der Waals surface area (Å²) in [6.07, 6.45) is 0. The molecule has 4 aromatic rings. The van der Waals surface area contributed by atoms with Crippen LogP contribution < -0.4 is 0 Å². The van der Waals surface area contributed by atoms with Gasteiger partial charge in [-0.15, -0.1) is 0 Å². The van der Waals surface area contributed by atoms with Gasteiger partial charge in [-0.3, -0.25) is 39.4 Å². The number of Topliss-reactive ketones (excluding diaryl/α,β-unsaturated/α-hetero) is 1. The molecule has 1 aliphatic heterocycles. The lowest BCUT2D eigenvalue weighted by Gasteiger charge is -2.45. The predicted molar refractivity (Wildman–Crippen MR) is 157 cm³/mol. The molecule has 8 rings (SSSR count). The lowest BCUT2D eigenvalue weighted by atomic mass is 9.55. The van der Waals surface area contributed by atoms with Crippen LogP contribution in [0.4, 0.5) is 11.4 Å². The van der Waals surface area contributed by atoms with Crippen LogP contribution in [0.3, 0.4) is 0 Å². The molecule has 0 saturated carbocycles. The van der Waals surface area contributed by atoms with E-state index in [1.54, 1.807) is 0 Å². The molecule has 1 saturated heterocycles. The molecule has 12 nitrogen and oxygen atoms in total. The number of hydrazine groups is 1. The van der Waals surface area contributed by atoms with Crippen LogP contribution in [-0.2, 0) is 9.59 Å². The average Bonchev–Trinajstić information content (AvgIpc) is 3.32. The molecule has 2 bridgehead atoms. The van der Waals surface area contributed by atoms with Crippen molar-refractivity contribution in [3.8, 4) is 0 Å². The third-order valence-corrected chi connectivity index (χ3v) is 8.93. The summed E-state index contributed by atoms with van der Waals surface area (Å²) in [6.45, 7) is -0.825. The van der Waals surface area contributed by atoms with Crippen molar-refractivity contribution < 1.29 is 29.0 Å². The Hall–Kier alpha value is -6.04. The molecule has 45 heavy (non-hydrogen) atoms. The average molecular weight is 603 g/mol. The minimum Gasteiger partial charge on any atom is -0.292 e. The Bertz CT molecular complexity index is 1860. The maximum Gasteiger partial charge on any atom is 0.282 e. The summed E-state index contributed by atoms with van der Waals surface area (Å²) in [4.78, 5) is 78.0. The van der Waals surface area contributed by atoms with Gasteiger partial charge in [-0.05, 0) is 40.5 Å². The van der Waals surface area contributed by atoms with Crippen LogP contribution in [0.15, 0.2) is 97.1 Å². The highest BCUT2D eigenvalue weighted by Gasteiger charge is 2.63. The number of carbonyl (C=O) groups is 4. The zero-order valence-electron chi connectivity index (χ0n) is 23.3. The molecule has 4 aromatic carbocycles. The van der Waals surface area contributed by atoms with E-state index in [0.717, 1.165) is 40.5 Å². The first-order chi connectivity index (χ1) is 21.7. The molecule has 0 radical (unpaired) electrons. The van der Waals surface area contributed by atoms with Crippen LogP contribution in [0, 0.1) is 32.1 Å². The smallest absolute Gasteiger partial charge is 0.282 e. The van der Waals surface area contributed by atoms with Gasteiger partial charge in [0.1, 0.15) is 12.1 Å². The van der Waals surface area contributed by atoms with Gasteiger partial charge in [-0.25, -0.2) is 5.01 Å². The molecule has 1 fully saturated rings. The highest BCUT2D eigenvalue weighted by atomic mass is 16.6. The molecule has 12 heteroatoms. The molecule has 2 atom stereocenters. The lowest BCUT2D eigenvalue weighted by Crippen LogP contribution is -2.52. The van der Waals surface area contributed by atoms with Gasteiger partial charge in [0.15, 0.2) is 5.78 Å². The van der Waals surface area contributed by atoms with Crippen molar-refractivity contribution >= 4 is 34.9 Å². The molecule has 0 spiro atoms.